The number of aliphatic carboxylic acids is 1. The second kappa shape index (κ2) is 5.55. The summed E-state index contributed by atoms with van der Waals surface area (Å²) in [5, 5.41) is 35.8. The molecule has 1 heterocycles. The van der Waals surface area contributed by atoms with Crippen LogP contribution in [0.4, 0.5) is 0 Å². The lowest BCUT2D eigenvalue weighted by atomic mass is 10.1. The number of carboxylic acid groups (broad SMARTS) is 1. The summed E-state index contributed by atoms with van der Waals surface area (Å²) in [6.45, 7) is -0.557. The van der Waals surface area contributed by atoms with Crippen molar-refractivity contribution in [3.63, 3.8) is 0 Å². The van der Waals surface area contributed by atoms with Crippen molar-refractivity contribution in [1.29, 1.82) is 0 Å². The number of carbonyl (C=O) groups is 1. The highest BCUT2D eigenvalue weighted by atomic mass is 16.4. The van der Waals surface area contributed by atoms with Gasteiger partial charge in [0.05, 0.1) is 18.7 Å². The minimum Gasteiger partial charge on any atom is -0.481 e. The number of aliphatic hydroxyl groups is 3. The van der Waals surface area contributed by atoms with E-state index < -0.39 is 24.8 Å². The molecule has 0 saturated heterocycles. The van der Waals surface area contributed by atoms with Crippen LogP contribution >= 0.6 is 0 Å². The van der Waals surface area contributed by atoms with Crippen LogP contribution in [0.5, 0.6) is 0 Å². The van der Waals surface area contributed by atoms with Gasteiger partial charge in [0.25, 0.3) is 0 Å². The van der Waals surface area contributed by atoms with Gasteiger partial charge in [-0.05, 0) is 6.07 Å². The second-order valence-electron chi connectivity index (χ2n) is 3.35. The summed E-state index contributed by atoms with van der Waals surface area (Å²) in [5.74, 6) is -0.990. The number of aromatic nitrogens is 1. The topological polar surface area (TPSA) is 111 Å². The molecule has 4 N–H and O–H groups in total. The van der Waals surface area contributed by atoms with E-state index in [4.69, 9.17) is 10.2 Å². The molecule has 6 heteroatoms. The highest BCUT2D eigenvalue weighted by Crippen LogP contribution is 2.15. The Kier molecular flexibility index (Phi) is 4.36. The molecule has 0 aliphatic carbocycles. The van der Waals surface area contributed by atoms with E-state index >= 15 is 0 Å². The van der Waals surface area contributed by atoms with Gasteiger partial charge >= 0.3 is 5.97 Å². The molecule has 0 spiro atoms. The maximum Gasteiger partial charge on any atom is 0.309 e. The van der Waals surface area contributed by atoms with E-state index in [0.29, 0.717) is 11.3 Å². The zero-order chi connectivity index (χ0) is 12.1. The minimum absolute atomic E-state index is 0.196. The fourth-order valence-corrected chi connectivity index (χ4v) is 1.19. The van der Waals surface area contributed by atoms with Crippen LogP contribution in [0, 0.1) is 0 Å². The lowest BCUT2D eigenvalue weighted by molar-refractivity contribution is -0.136. The minimum atomic E-state index is -1.27. The predicted molar refractivity (Wildman–Crippen MR) is 53.6 cm³/mol. The zero-order valence-corrected chi connectivity index (χ0v) is 8.45. The van der Waals surface area contributed by atoms with Crippen LogP contribution < -0.4 is 0 Å². The van der Waals surface area contributed by atoms with Crippen LogP contribution in [0.3, 0.4) is 0 Å². The van der Waals surface area contributed by atoms with Crippen LogP contribution in [0.1, 0.15) is 17.4 Å². The SMILES string of the molecule is O=C(O)Cc1ccc(C(O)C(O)CO)cn1. The number of pyridine rings is 1. The van der Waals surface area contributed by atoms with Gasteiger partial charge in [-0.3, -0.25) is 9.78 Å². The van der Waals surface area contributed by atoms with E-state index in [-0.39, 0.29) is 6.42 Å². The molecular weight excluding hydrogens is 214 g/mol. The first kappa shape index (κ1) is 12.6. The van der Waals surface area contributed by atoms with E-state index in [0.717, 1.165) is 0 Å². The summed E-state index contributed by atoms with van der Waals surface area (Å²) in [6, 6.07) is 2.92. The van der Waals surface area contributed by atoms with Gasteiger partial charge in [-0.15, -0.1) is 0 Å². The average molecular weight is 227 g/mol. The van der Waals surface area contributed by atoms with Crippen molar-refractivity contribution >= 4 is 5.97 Å². The van der Waals surface area contributed by atoms with Gasteiger partial charge in [0.2, 0.25) is 0 Å². The third kappa shape index (κ3) is 3.27. The molecule has 1 aromatic heterocycles. The Bertz CT molecular complexity index is 351. The smallest absolute Gasteiger partial charge is 0.309 e. The fourth-order valence-electron chi connectivity index (χ4n) is 1.19. The number of carboxylic acids is 1. The Hall–Kier alpha value is -1.50. The van der Waals surface area contributed by atoms with Crippen molar-refractivity contribution in [3.05, 3.63) is 29.6 Å². The largest absolute Gasteiger partial charge is 0.481 e. The van der Waals surface area contributed by atoms with Crippen molar-refractivity contribution in [1.82, 2.24) is 4.98 Å². The first-order valence-corrected chi connectivity index (χ1v) is 4.68. The van der Waals surface area contributed by atoms with E-state index in [1.54, 1.807) is 0 Å². The first-order valence-electron chi connectivity index (χ1n) is 4.68. The van der Waals surface area contributed by atoms with Crippen LogP contribution in [0.15, 0.2) is 18.3 Å². The number of nitrogens with zero attached hydrogens (tertiary/aromatic N) is 1. The third-order valence-corrected chi connectivity index (χ3v) is 2.07. The number of hydrogen-bond acceptors (Lipinski definition) is 5. The van der Waals surface area contributed by atoms with Gasteiger partial charge in [0.1, 0.15) is 12.2 Å². The molecule has 16 heavy (non-hydrogen) atoms. The van der Waals surface area contributed by atoms with E-state index in [1.807, 2.05) is 0 Å². The van der Waals surface area contributed by atoms with Crippen molar-refractivity contribution in [3.8, 4) is 0 Å². The standard InChI is InChI=1S/C10H13NO5/c12-5-8(13)10(16)6-1-2-7(11-4-6)3-9(14)15/h1-2,4,8,10,12-13,16H,3,5H2,(H,14,15). The Morgan fingerprint density at radius 2 is 2.06 bits per heavy atom. The molecule has 0 radical (unpaired) electrons. The maximum atomic E-state index is 10.4. The van der Waals surface area contributed by atoms with Crippen LogP contribution in [-0.4, -0.2) is 44.1 Å². The third-order valence-electron chi connectivity index (χ3n) is 2.07. The highest BCUT2D eigenvalue weighted by molar-refractivity contribution is 5.69. The van der Waals surface area contributed by atoms with Crippen LogP contribution in [0.2, 0.25) is 0 Å². The zero-order valence-electron chi connectivity index (χ0n) is 8.45. The van der Waals surface area contributed by atoms with Crippen molar-refractivity contribution < 1.29 is 25.2 Å². The quantitative estimate of drug-likeness (QED) is 0.518. The first-order chi connectivity index (χ1) is 7.54. The normalized spacial score (nSPS) is 14.4. The van der Waals surface area contributed by atoms with Crippen LogP contribution in [-0.2, 0) is 11.2 Å². The Morgan fingerprint density at radius 3 is 2.50 bits per heavy atom. The van der Waals surface area contributed by atoms with Crippen LogP contribution in [0.25, 0.3) is 0 Å². The molecule has 0 bridgehead atoms. The molecule has 0 aliphatic heterocycles. The lowest BCUT2D eigenvalue weighted by Gasteiger charge is -2.15. The molecule has 0 aliphatic rings. The van der Waals surface area contributed by atoms with E-state index in [9.17, 15) is 15.0 Å². The molecule has 88 valence electrons. The molecule has 6 nitrogen and oxygen atoms in total. The van der Waals surface area contributed by atoms with Gasteiger partial charge in [-0.1, -0.05) is 6.07 Å². The van der Waals surface area contributed by atoms with Gasteiger partial charge in [-0.2, -0.15) is 0 Å². The molecular formula is C10H13NO5. The highest BCUT2D eigenvalue weighted by Gasteiger charge is 2.17. The summed E-state index contributed by atoms with van der Waals surface area (Å²) in [7, 11) is 0. The van der Waals surface area contributed by atoms with E-state index in [2.05, 4.69) is 4.98 Å². The fraction of sp³-hybridized carbons (Fsp3) is 0.400. The summed E-state index contributed by atoms with van der Waals surface area (Å²) in [4.78, 5) is 14.2. The Balaban J connectivity index is 2.74. The molecule has 2 unspecified atom stereocenters. The molecule has 0 amide bonds. The summed E-state index contributed by atoms with van der Waals surface area (Å²) < 4.78 is 0. The second-order valence-corrected chi connectivity index (χ2v) is 3.35. The number of aliphatic hydroxyl groups excluding tert-OH is 3. The summed E-state index contributed by atoms with van der Waals surface area (Å²) >= 11 is 0. The maximum absolute atomic E-state index is 10.4. The molecule has 1 rings (SSSR count). The average Bonchev–Trinajstić information content (AvgIpc) is 2.27. The predicted octanol–water partition coefficient (Wildman–Crippen LogP) is -0.905. The Morgan fingerprint density at radius 1 is 1.38 bits per heavy atom. The van der Waals surface area contributed by atoms with Gasteiger partial charge < -0.3 is 20.4 Å². The van der Waals surface area contributed by atoms with Gasteiger partial charge in [0, 0.05) is 11.8 Å². The summed E-state index contributed by atoms with van der Waals surface area (Å²) in [5.41, 5.74) is 0.692. The molecule has 1 aromatic rings. The van der Waals surface area contributed by atoms with Crippen molar-refractivity contribution in [2.45, 2.75) is 18.6 Å². The molecule has 0 aromatic carbocycles. The van der Waals surface area contributed by atoms with E-state index in [1.165, 1.54) is 18.3 Å². The molecule has 0 fully saturated rings. The molecule has 2 atom stereocenters. The number of hydrogen-bond donors (Lipinski definition) is 4. The van der Waals surface area contributed by atoms with Gasteiger partial charge in [0.15, 0.2) is 0 Å². The molecule has 0 saturated carbocycles. The lowest BCUT2D eigenvalue weighted by Crippen LogP contribution is -2.22. The number of rotatable bonds is 5. The van der Waals surface area contributed by atoms with Crippen molar-refractivity contribution in [2.75, 3.05) is 6.61 Å². The van der Waals surface area contributed by atoms with Crippen molar-refractivity contribution in [2.24, 2.45) is 0 Å². The summed E-state index contributed by atoms with van der Waals surface area (Å²) in [6.07, 6.45) is -1.41. The monoisotopic (exact) mass is 227 g/mol. The van der Waals surface area contributed by atoms with Gasteiger partial charge in [-0.25, -0.2) is 0 Å². The Labute approximate surface area is 91.8 Å².